The number of aromatic nitrogens is 2. The lowest BCUT2D eigenvalue weighted by molar-refractivity contribution is 0.490. The highest BCUT2D eigenvalue weighted by Crippen LogP contribution is 2.31. The van der Waals surface area contributed by atoms with Crippen molar-refractivity contribution in [2.75, 3.05) is 5.75 Å². The van der Waals surface area contributed by atoms with Crippen LogP contribution in [0.25, 0.3) is 21.1 Å². The lowest BCUT2D eigenvalue weighted by atomic mass is 10.1. The highest BCUT2D eigenvalue weighted by molar-refractivity contribution is 8.10. The quantitative estimate of drug-likeness (QED) is 0.344. The van der Waals surface area contributed by atoms with Crippen LogP contribution < -0.4 is 5.69 Å². The third-order valence-electron chi connectivity index (χ3n) is 5.70. The third kappa shape index (κ3) is 3.80. The highest BCUT2D eigenvalue weighted by atomic mass is 32.2. The number of hydrogen-bond acceptors (Lipinski definition) is 3. The van der Waals surface area contributed by atoms with Crippen LogP contribution in [0.5, 0.6) is 0 Å². The van der Waals surface area contributed by atoms with E-state index in [2.05, 4.69) is 37.4 Å². The van der Waals surface area contributed by atoms with Crippen LogP contribution in [0.15, 0.2) is 52.6 Å². The number of aryl methyl sites for hydroxylation is 1. The average molecular weight is 441 g/mol. The molecule has 2 atom stereocenters. The maximum atomic E-state index is 13.7. The zero-order chi connectivity index (χ0) is 21.3. The van der Waals surface area contributed by atoms with Crippen LogP contribution in [0, 0.1) is 6.92 Å². The minimum atomic E-state index is -0.796. The molecule has 6 heteroatoms. The molecule has 0 saturated carbocycles. The minimum Gasteiger partial charge on any atom is -0.338 e. The first-order chi connectivity index (χ1) is 14.5. The van der Waals surface area contributed by atoms with Crippen molar-refractivity contribution in [2.24, 2.45) is 0 Å². The first-order valence-electron chi connectivity index (χ1n) is 10.4. The van der Waals surface area contributed by atoms with E-state index >= 15 is 0 Å². The van der Waals surface area contributed by atoms with Crippen LogP contribution in [0.2, 0.25) is 0 Å². The van der Waals surface area contributed by atoms with Gasteiger partial charge in [-0.3, -0.25) is 9.13 Å². The maximum Gasteiger partial charge on any atom is 0.329 e. The molecule has 4 rings (SSSR count). The standard InChI is InChI=1S/C24H28N2O2S2/c1-4-9-19(16-30(28)5-2)26-21-12-7-6-11-20(21)25(24(26)27)14-18-15-29-22-13-8-10-17(3)23(18)22/h5-8,10-13,15,19,28H,4,9,14,16H2,1-3H3. The molecule has 4 aromatic rings. The van der Waals surface area contributed by atoms with Crippen LogP contribution in [0.3, 0.4) is 0 Å². The van der Waals surface area contributed by atoms with Crippen LogP contribution >= 0.6 is 22.1 Å². The third-order valence-corrected chi connectivity index (χ3v) is 7.97. The summed E-state index contributed by atoms with van der Waals surface area (Å²) in [5, 5.41) is 5.26. The van der Waals surface area contributed by atoms with Crippen LogP contribution in [0.1, 0.15) is 43.9 Å². The van der Waals surface area contributed by atoms with Gasteiger partial charge in [-0.25, -0.2) is 4.79 Å². The molecular formula is C24H28N2O2S2. The van der Waals surface area contributed by atoms with E-state index in [9.17, 15) is 9.35 Å². The summed E-state index contributed by atoms with van der Waals surface area (Å²) in [6.45, 7) is 6.69. The van der Waals surface area contributed by atoms with Gasteiger partial charge in [0.15, 0.2) is 0 Å². The first-order valence-corrected chi connectivity index (χ1v) is 12.7. The molecule has 0 spiro atoms. The fourth-order valence-electron chi connectivity index (χ4n) is 4.28. The molecule has 4 nitrogen and oxygen atoms in total. The van der Waals surface area contributed by atoms with Crippen molar-refractivity contribution in [1.29, 1.82) is 0 Å². The Labute approximate surface area is 183 Å². The number of fused-ring (bicyclic) bond motifs is 2. The molecule has 158 valence electrons. The molecule has 0 radical (unpaired) electrons. The van der Waals surface area contributed by atoms with E-state index in [1.807, 2.05) is 45.7 Å². The Bertz CT molecular complexity index is 1280. The predicted molar refractivity (Wildman–Crippen MR) is 133 cm³/mol. The fourth-order valence-corrected chi connectivity index (χ4v) is 6.21. The smallest absolute Gasteiger partial charge is 0.329 e. The summed E-state index contributed by atoms with van der Waals surface area (Å²) in [7, 11) is -0.796. The first kappa shape index (κ1) is 21.1. The molecular weight excluding hydrogens is 412 g/mol. The highest BCUT2D eigenvalue weighted by Gasteiger charge is 2.21. The van der Waals surface area contributed by atoms with Crippen molar-refractivity contribution in [3.63, 3.8) is 0 Å². The Kier molecular flexibility index (Phi) is 6.27. The van der Waals surface area contributed by atoms with E-state index in [4.69, 9.17) is 0 Å². The molecule has 0 bridgehead atoms. The van der Waals surface area contributed by atoms with Crippen molar-refractivity contribution in [3.8, 4) is 0 Å². The molecule has 0 aliphatic heterocycles. The summed E-state index contributed by atoms with van der Waals surface area (Å²) in [5.74, 6) is 0.582. The molecule has 2 aromatic heterocycles. The summed E-state index contributed by atoms with van der Waals surface area (Å²) in [4.78, 5) is 13.7. The van der Waals surface area contributed by atoms with Gasteiger partial charge in [-0.2, -0.15) is 0 Å². The van der Waals surface area contributed by atoms with Crippen molar-refractivity contribution in [3.05, 3.63) is 69.5 Å². The molecule has 30 heavy (non-hydrogen) atoms. The second-order valence-electron chi connectivity index (χ2n) is 7.68. The van der Waals surface area contributed by atoms with Gasteiger partial charge < -0.3 is 4.55 Å². The van der Waals surface area contributed by atoms with E-state index < -0.39 is 10.8 Å². The summed E-state index contributed by atoms with van der Waals surface area (Å²) in [6, 6.07) is 14.4. The van der Waals surface area contributed by atoms with Gasteiger partial charge in [-0.15, -0.1) is 11.3 Å². The van der Waals surface area contributed by atoms with Crippen molar-refractivity contribution >= 4 is 48.6 Å². The predicted octanol–water partition coefficient (Wildman–Crippen LogP) is 6.28. The van der Waals surface area contributed by atoms with Gasteiger partial charge in [0.05, 0.1) is 17.6 Å². The summed E-state index contributed by atoms with van der Waals surface area (Å²) < 4.78 is 15.4. The molecule has 0 aliphatic rings. The fraction of sp³-hybridized carbons (Fsp3) is 0.333. The number of para-hydroxylation sites is 2. The second-order valence-corrected chi connectivity index (χ2v) is 10.2. The van der Waals surface area contributed by atoms with Crippen molar-refractivity contribution in [1.82, 2.24) is 9.13 Å². The summed E-state index contributed by atoms with van der Waals surface area (Å²) in [5.41, 5.74) is 4.34. The van der Waals surface area contributed by atoms with E-state index in [1.165, 1.54) is 21.2 Å². The summed E-state index contributed by atoms with van der Waals surface area (Å²) in [6.07, 6.45) is 1.83. The average Bonchev–Trinajstić information content (AvgIpc) is 3.28. The Morgan fingerprint density at radius 3 is 2.67 bits per heavy atom. The molecule has 1 N–H and O–H groups in total. The van der Waals surface area contributed by atoms with Crippen LogP contribution in [-0.2, 0) is 6.54 Å². The van der Waals surface area contributed by atoms with Crippen molar-refractivity contribution < 1.29 is 4.55 Å². The number of hydrogen-bond donors (Lipinski definition) is 1. The van der Waals surface area contributed by atoms with Crippen LogP contribution in [-0.4, -0.2) is 24.8 Å². The second kappa shape index (κ2) is 8.92. The molecule has 2 aromatic carbocycles. The number of thiophene rings is 1. The Morgan fingerprint density at radius 2 is 1.93 bits per heavy atom. The van der Waals surface area contributed by atoms with Gasteiger partial charge in [-0.05, 0) is 60.3 Å². The Hall–Kier alpha value is -2.15. The molecule has 2 unspecified atom stereocenters. The molecule has 0 aliphatic carbocycles. The van der Waals surface area contributed by atoms with E-state index in [0.717, 1.165) is 23.9 Å². The zero-order valence-corrected chi connectivity index (χ0v) is 19.3. The van der Waals surface area contributed by atoms with Gasteiger partial charge >= 0.3 is 5.69 Å². The van der Waals surface area contributed by atoms with E-state index in [1.54, 1.807) is 11.3 Å². The van der Waals surface area contributed by atoms with Gasteiger partial charge in [-0.1, -0.05) is 48.4 Å². The number of benzene rings is 2. The lowest BCUT2D eigenvalue weighted by Gasteiger charge is -2.18. The SMILES string of the molecule is CC=S(O)CC(CCC)n1c(=O)n(Cc2csc3cccc(C)c23)c2ccccc21. The van der Waals surface area contributed by atoms with Gasteiger partial charge in [0.1, 0.15) is 0 Å². The van der Waals surface area contributed by atoms with Gasteiger partial charge in [0.25, 0.3) is 0 Å². The summed E-state index contributed by atoms with van der Waals surface area (Å²) >= 11 is 1.73. The van der Waals surface area contributed by atoms with E-state index in [-0.39, 0.29) is 11.7 Å². The zero-order valence-electron chi connectivity index (χ0n) is 17.7. The topological polar surface area (TPSA) is 47.2 Å². The molecule has 2 heterocycles. The lowest BCUT2D eigenvalue weighted by Crippen LogP contribution is -2.29. The van der Waals surface area contributed by atoms with Gasteiger partial charge in [0.2, 0.25) is 0 Å². The van der Waals surface area contributed by atoms with Gasteiger partial charge in [0, 0.05) is 21.9 Å². The maximum absolute atomic E-state index is 13.7. The number of imidazole rings is 1. The van der Waals surface area contributed by atoms with Crippen LogP contribution in [0.4, 0.5) is 0 Å². The molecule has 0 saturated heterocycles. The normalized spacial score (nSPS) is 14.0. The molecule has 0 amide bonds. The Morgan fingerprint density at radius 1 is 1.17 bits per heavy atom. The largest absolute Gasteiger partial charge is 0.338 e. The minimum absolute atomic E-state index is 0.00990. The van der Waals surface area contributed by atoms with Crippen molar-refractivity contribution in [2.45, 2.75) is 46.2 Å². The van der Waals surface area contributed by atoms with E-state index in [0.29, 0.717) is 12.3 Å². The molecule has 0 fully saturated rings. The monoisotopic (exact) mass is 440 g/mol. The Balaban J connectivity index is 1.87. The number of rotatable bonds is 7. The number of nitrogens with zero attached hydrogens (tertiary/aromatic N) is 2.